The Morgan fingerprint density at radius 2 is 1.94 bits per heavy atom. The van der Waals surface area contributed by atoms with Gasteiger partial charge in [-0.1, -0.05) is 12.1 Å². The van der Waals surface area contributed by atoms with Crippen LogP contribution in [-0.2, 0) is 4.79 Å². The van der Waals surface area contributed by atoms with Crippen molar-refractivity contribution in [3.63, 3.8) is 0 Å². The maximum atomic E-state index is 11.4. The maximum Gasteiger partial charge on any atom is 0.312 e. The Balaban J connectivity index is 2.10. The minimum atomic E-state index is -0.757. The van der Waals surface area contributed by atoms with E-state index in [0.29, 0.717) is 6.54 Å². The third kappa shape index (κ3) is 3.01. The van der Waals surface area contributed by atoms with E-state index in [-0.39, 0.29) is 0 Å². The molecule has 2 rings (SSSR count). The van der Waals surface area contributed by atoms with Crippen molar-refractivity contribution in [3.8, 4) is 5.75 Å². The van der Waals surface area contributed by atoms with Crippen LogP contribution in [0.15, 0.2) is 24.3 Å². The lowest BCUT2D eigenvalue weighted by molar-refractivity contribution is -0.139. The number of nitrogens with zero attached hydrogens (tertiary/aromatic N) is 1. The van der Waals surface area contributed by atoms with Gasteiger partial charge in [0.15, 0.2) is 0 Å². The van der Waals surface area contributed by atoms with Crippen LogP contribution in [0.5, 0.6) is 5.75 Å². The fourth-order valence-electron chi connectivity index (χ4n) is 2.39. The lowest BCUT2D eigenvalue weighted by atomic mass is 9.98. The van der Waals surface area contributed by atoms with Crippen LogP contribution < -0.4 is 4.74 Å². The molecule has 4 nitrogen and oxygen atoms in total. The van der Waals surface area contributed by atoms with Crippen LogP contribution in [0, 0.1) is 0 Å². The Bertz CT molecular complexity index is 396. The second-order valence-electron chi connectivity index (χ2n) is 4.67. The average molecular weight is 249 g/mol. The van der Waals surface area contributed by atoms with Crippen molar-refractivity contribution in [2.75, 3.05) is 26.7 Å². The molecule has 0 amide bonds. The molecule has 0 saturated carbocycles. The predicted octanol–water partition coefficient (Wildman–Crippen LogP) is 1.96. The number of hydrogen-bond donors (Lipinski definition) is 1. The molecular weight excluding hydrogens is 230 g/mol. The second kappa shape index (κ2) is 5.87. The van der Waals surface area contributed by atoms with Crippen LogP contribution in [0.3, 0.4) is 0 Å². The van der Waals surface area contributed by atoms with Crippen molar-refractivity contribution >= 4 is 5.97 Å². The Hall–Kier alpha value is -1.55. The molecule has 1 N–H and O–H groups in total. The molecule has 98 valence electrons. The third-order valence-corrected chi connectivity index (χ3v) is 3.46. The molecule has 4 heteroatoms. The molecule has 0 aromatic heterocycles. The SMILES string of the molecule is COc1ccc(C(CN2CCCC2)C(=O)O)cc1. The van der Waals surface area contributed by atoms with E-state index in [1.165, 1.54) is 12.8 Å². The first-order chi connectivity index (χ1) is 8.70. The van der Waals surface area contributed by atoms with Crippen molar-refractivity contribution in [3.05, 3.63) is 29.8 Å². The van der Waals surface area contributed by atoms with Crippen molar-refractivity contribution in [1.82, 2.24) is 4.90 Å². The smallest absolute Gasteiger partial charge is 0.312 e. The van der Waals surface area contributed by atoms with Crippen LogP contribution >= 0.6 is 0 Å². The topological polar surface area (TPSA) is 49.8 Å². The monoisotopic (exact) mass is 249 g/mol. The molecule has 0 aliphatic carbocycles. The number of carboxylic acid groups (broad SMARTS) is 1. The van der Waals surface area contributed by atoms with Crippen LogP contribution in [0.25, 0.3) is 0 Å². The highest BCUT2D eigenvalue weighted by atomic mass is 16.5. The molecule has 0 spiro atoms. The van der Waals surface area contributed by atoms with E-state index in [2.05, 4.69) is 4.90 Å². The highest BCUT2D eigenvalue weighted by Crippen LogP contribution is 2.22. The largest absolute Gasteiger partial charge is 0.497 e. The van der Waals surface area contributed by atoms with Gasteiger partial charge < -0.3 is 14.7 Å². The standard InChI is InChI=1S/C14H19NO3/c1-18-12-6-4-11(5-7-12)13(14(16)17)10-15-8-2-3-9-15/h4-7,13H,2-3,8-10H2,1H3,(H,16,17). The summed E-state index contributed by atoms with van der Waals surface area (Å²) in [7, 11) is 1.61. The quantitative estimate of drug-likeness (QED) is 0.866. The molecule has 1 aromatic carbocycles. The third-order valence-electron chi connectivity index (χ3n) is 3.46. The van der Waals surface area contributed by atoms with Gasteiger partial charge in [-0.2, -0.15) is 0 Å². The van der Waals surface area contributed by atoms with Gasteiger partial charge in [-0.25, -0.2) is 0 Å². The van der Waals surface area contributed by atoms with Gasteiger partial charge in [0.25, 0.3) is 0 Å². The number of rotatable bonds is 5. The van der Waals surface area contributed by atoms with E-state index < -0.39 is 11.9 Å². The molecule has 1 fully saturated rings. The molecule has 1 aliphatic heterocycles. The second-order valence-corrected chi connectivity index (χ2v) is 4.67. The molecule has 0 bridgehead atoms. The first kappa shape index (κ1) is 12.9. The number of aliphatic carboxylic acids is 1. The molecule has 0 radical (unpaired) electrons. The number of carbonyl (C=O) groups is 1. The number of carboxylic acids is 1. The average Bonchev–Trinajstić information content (AvgIpc) is 2.89. The van der Waals surface area contributed by atoms with Crippen LogP contribution in [0.1, 0.15) is 24.3 Å². The minimum absolute atomic E-state index is 0.450. The molecule has 18 heavy (non-hydrogen) atoms. The van der Waals surface area contributed by atoms with Crippen molar-refractivity contribution in [2.24, 2.45) is 0 Å². The normalized spacial score (nSPS) is 17.6. The summed E-state index contributed by atoms with van der Waals surface area (Å²) in [6, 6.07) is 7.31. The summed E-state index contributed by atoms with van der Waals surface area (Å²) in [5.74, 6) is -0.454. The zero-order valence-corrected chi connectivity index (χ0v) is 10.6. The molecule has 1 heterocycles. The Labute approximate surface area is 107 Å². The van der Waals surface area contributed by atoms with Crippen molar-refractivity contribution in [1.29, 1.82) is 0 Å². The lowest BCUT2D eigenvalue weighted by Crippen LogP contribution is -2.29. The highest BCUT2D eigenvalue weighted by Gasteiger charge is 2.24. The van der Waals surface area contributed by atoms with E-state index in [4.69, 9.17) is 4.74 Å². The van der Waals surface area contributed by atoms with E-state index in [1.807, 2.05) is 24.3 Å². The molecule has 1 aromatic rings. The molecule has 1 saturated heterocycles. The first-order valence-electron chi connectivity index (χ1n) is 6.30. The Morgan fingerprint density at radius 1 is 1.33 bits per heavy atom. The molecular formula is C14H19NO3. The van der Waals surface area contributed by atoms with Gasteiger partial charge in [0.2, 0.25) is 0 Å². The van der Waals surface area contributed by atoms with Gasteiger partial charge >= 0.3 is 5.97 Å². The fraction of sp³-hybridized carbons (Fsp3) is 0.500. The first-order valence-corrected chi connectivity index (χ1v) is 6.30. The summed E-state index contributed by atoms with van der Waals surface area (Å²) in [6.45, 7) is 2.63. The Kier molecular flexibility index (Phi) is 4.20. The van der Waals surface area contributed by atoms with Gasteiger partial charge in [-0.15, -0.1) is 0 Å². The number of methoxy groups -OCH3 is 1. The van der Waals surface area contributed by atoms with Crippen LogP contribution in [0.4, 0.5) is 0 Å². The van der Waals surface area contributed by atoms with Gasteiger partial charge in [0, 0.05) is 6.54 Å². The van der Waals surface area contributed by atoms with Crippen LogP contribution in [-0.4, -0.2) is 42.7 Å². The van der Waals surface area contributed by atoms with Crippen molar-refractivity contribution < 1.29 is 14.6 Å². The number of ether oxygens (including phenoxy) is 1. The number of benzene rings is 1. The summed E-state index contributed by atoms with van der Waals surface area (Å²) < 4.78 is 5.08. The summed E-state index contributed by atoms with van der Waals surface area (Å²) >= 11 is 0. The molecule has 1 atom stereocenters. The highest BCUT2D eigenvalue weighted by molar-refractivity contribution is 5.76. The zero-order chi connectivity index (χ0) is 13.0. The maximum absolute atomic E-state index is 11.4. The van der Waals surface area contributed by atoms with Gasteiger partial charge in [-0.05, 0) is 43.6 Å². The summed E-state index contributed by atoms with van der Waals surface area (Å²) in [5, 5.41) is 9.36. The van der Waals surface area contributed by atoms with Gasteiger partial charge in [0.1, 0.15) is 5.75 Å². The fourth-order valence-corrected chi connectivity index (χ4v) is 2.39. The van der Waals surface area contributed by atoms with Crippen molar-refractivity contribution in [2.45, 2.75) is 18.8 Å². The predicted molar refractivity (Wildman–Crippen MR) is 69.0 cm³/mol. The van der Waals surface area contributed by atoms with Gasteiger partial charge in [0.05, 0.1) is 13.0 Å². The van der Waals surface area contributed by atoms with E-state index >= 15 is 0 Å². The number of hydrogen-bond acceptors (Lipinski definition) is 3. The van der Waals surface area contributed by atoms with E-state index in [9.17, 15) is 9.90 Å². The van der Waals surface area contributed by atoms with Gasteiger partial charge in [-0.3, -0.25) is 4.79 Å². The van der Waals surface area contributed by atoms with E-state index in [0.717, 1.165) is 24.4 Å². The molecule has 1 aliphatic rings. The van der Waals surface area contributed by atoms with E-state index in [1.54, 1.807) is 7.11 Å². The zero-order valence-electron chi connectivity index (χ0n) is 10.6. The summed E-state index contributed by atoms with van der Waals surface area (Å²) in [6.07, 6.45) is 2.35. The minimum Gasteiger partial charge on any atom is -0.497 e. The lowest BCUT2D eigenvalue weighted by Gasteiger charge is -2.20. The summed E-state index contributed by atoms with van der Waals surface area (Å²) in [4.78, 5) is 13.6. The molecule has 1 unspecified atom stereocenters. The summed E-state index contributed by atoms with van der Waals surface area (Å²) in [5.41, 5.74) is 0.843. The van der Waals surface area contributed by atoms with Crippen LogP contribution in [0.2, 0.25) is 0 Å². The Morgan fingerprint density at radius 3 is 2.44 bits per heavy atom. The number of likely N-dealkylation sites (tertiary alicyclic amines) is 1.